The van der Waals surface area contributed by atoms with Gasteiger partial charge >= 0.3 is 5.69 Å². The van der Waals surface area contributed by atoms with Gasteiger partial charge in [-0.3, -0.25) is 4.79 Å². The number of fused-ring (bicyclic) bond motifs is 1. The first kappa shape index (κ1) is 21.1. The molecule has 0 aliphatic heterocycles. The van der Waals surface area contributed by atoms with Crippen molar-refractivity contribution < 1.29 is 14.3 Å². The zero-order valence-electron chi connectivity index (χ0n) is 18.5. The summed E-state index contributed by atoms with van der Waals surface area (Å²) < 4.78 is 12.4. The number of H-pyrrole nitrogens is 2. The number of hydrogen-bond donors (Lipinski definition) is 3. The molecule has 9 nitrogen and oxygen atoms in total. The number of hydrogen-bond acceptors (Lipinski definition) is 5. The molecule has 2 aromatic heterocycles. The molecule has 0 unspecified atom stereocenters. The topological polar surface area (TPSA) is 114 Å². The van der Waals surface area contributed by atoms with Crippen LogP contribution in [0.5, 0.6) is 11.5 Å². The molecule has 0 bridgehead atoms. The summed E-state index contributed by atoms with van der Waals surface area (Å²) in [6.07, 6.45) is 1.69. The number of amides is 1. The van der Waals surface area contributed by atoms with Crippen LogP contribution in [-0.4, -0.2) is 39.9 Å². The lowest BCUT2D eigenvalue weighted by Crippen LogP contribution is -2.12. The van der Waals surface area contributed by atoms with Gasteiger partial charge in [-0.15, -0.1) is 0 Å². The zero-order valence-corrected chi connectivity index (χ0v) is 18.5. The molecule has 0 saturated carbocycles. The van der Waals surface area contributed by atoms with Gasteiger partial charge in [-0.05, 0) is 48.5 Å². The maximum Gasteiger partial charge on any atom is 0.323 e. The van der Waals surface area contributed by atoms with Crippen LogP contribution in [-0.2, 0) is 0 Å². The van der Waals surface area contributed by atoms with E-state index in [0.717, 1.165) is 5.69 Å². The van der Waals surface area contributed by atoms with Crippen molar-refractivity contribution in [3.05, 3.63) is 89.0 Å². The Morgan fingerprint density at radius 3 is 2.44 bits per heavy atom. The maximum absolute atomic E-state index is 13.4. The van der Waals surface area contributed by atoms with Crippen molar-refractivity contribution in [2.75, 3.05) is 19.5 Å². The maximum atomic E-state index is 13.4. The Bertz CT molecular complexity index is 1550. The zero-order chi connectivity index (χ0) is 23.7. The predicted octanol–water partition coefficient (Wildman–Crippen LogP) is 3.98. The first-order valence-corrected chi connectivity index (χ1v) is 10.5. The number of benzene rings is 3. The molecule has 0 aliphatic carbocycles. The predicted molar refractivity (Wildman–Crippen MR) is 129 cm³/mol. The number of anilines is 1. The third-order valence-corrected chi connectivity index (χ3v) is 5.41. The summed E-state index contributed by atoms with van der Waals surface area (Å²) in [6, 6.07) is 20.1. The number of carbonyl (C=O) groups excluding carboxylic acids is 1. The van der Waals surface area contributed by atoms with Gasteiger partial charge in [-0.25, -0.2) is 9.48 Å². The van der Waals surface area contributed by atoms with Gasteiger partial charge in [0.15, 0.2) is 11.5 Å². The Labute approximate surface area is 194 Å². The number of aromatic amines is 2. The fourth-order valence-corrected chi connectivity index (χ4v) is 3.76. The molecule has 34 heavy (non-hydrogen) atoms. The normalized spacial score (nSPS) is 10.9. The SMILES string of the molecule is COc1ccc(-c2nn(-c3ccccc3)cc2C(=O)Nc2ccc3[nH]c(=O)[nH]c3c2)cc1OC. The highest BCUT2D eigenvalue weighted by Gasteiger charge is 2.20. The lowest BCUT2D eigenvalue weighted by Gasteiger charge is -2.10. The Kier molecular flexibility index (Phi) is 5.35. The Hall–Kier alpha value is -4.79. The van der Waals surface area contributed by atoms with Gasteiger partial charge in [-0.1, -0.05) is 18.2 Å². The molecule has 5 rings (SSSR count). The molecule has 0 aliphatic rings. The molecule has 2 heterocycles. The molecule has 3 aromatic carbocycles. The monoisotopic (exact) mass is 455 g/mol. The summed E-state index contributed by atoms with van der Waals surface area (Å²) in [6.45, 7) is 0. The Balaban J connectivity index is 1.57. The summed E-state index contributed by atoms with van der Waals surface area (Å²) in [5.41, 5.74) is 3.86. The summed E-state index contributed by atoms with van der Waals surface area (Å²) >= 11 is 0. The molecule has 170 valence electrons. The second kappa shape index (κ2) is 8.62. The molecular formula is C25H21N5O4. The van der Waals surface area contributed by atoms with E-state index in [2.05, 4.69) is 15.3 Å². The molecular weight excluding hydrogens is 434 g/mol. The fourth-order valence-electron chi connectivity index (χ4n) is 3.76. The van der Waals surface area contributed by atoms with Gasteiger partial charge in [0.25, 0.3) is 5.91 Å². The molecule has 0 saturated heterocycles. The van der Waals surface area contributed by atoms with Crippen LogP contribution in [0.4, 0.5) is 5.69 Å². The van der Waals surface area contributed by atoms with Crippen molar-refractivity contribution in [3.8, 4) is 28.4 Å². The highest BCUT2D eigenvalue weighted by atomic mass is 16.5. The number of carbonyl (C=O) groups is 1. The molecule has 0 spiro atoms. The number of methoxy groups -OCH3 is 2. The fraction of sp³-hybridized carbons (Fsp3) is 0.0800. The van der Waals surface area contributed by atoms with Crippen molar-refractivity contribution in [1.29, 1.82) is 0 Å². The van der Waals surface area contributed by atoms with Gasteiger partial charge in [0.05, 0.1) is 36.5 Å². The number of ether oxygens (including phenoxy) is 2. The van der Waals surface area contributed by atoms with Crippen LogP contribution in [0, 0.1) is 0 Å². The minimum absolute atomic E-state index is 0.307. The molecule has 3 N–H and O–H groups in total. The van der Waals surface area contributed by atoms with E-state index in [0.29, 0.717) is 45.0 Å². The van der Waals surface area contributed by atoms with Gasteiger partial charge in [-0.2, -0.15) is 5.10 Å². The van der Waals surface area contributed by atoms with Crippen LogP contribution in [0.25, 0.3) is 28.0 Å². The lowest BCUT2D eigenvalue weighted by molar-refractivity contribution is 0.102. The van der Waals surface area contributed by atoms with E-state index in [1.165, 1.54) is 0 Å². The number of rotatable bonds is 6. The van der Waals surface area contributed by atoms with E-state index in [9.17, 15) is 9.59 Å². The van der Waals surface area contributed by atoms with Crippen LogP contribution < -0.4 is 20.5 Å². The second-order valence-corrected chi connectivity index (χ2v) is 7.53. The average Bonchev–Trinajstić information content (AvgIpc) is 3.47. The molecule has 0 fully saturated rings. The summed E-state index contributed by atoms with van der Waals surface area (Å²) in [5, 5.41) is 7.61. The molecule has 1 amide bonds. The second-order valence-electron chi connectivity index (χ2n) is 7.53. The lowest BCUT2D eigenvalue weighted by atomic mass is 10.1. The van der Waals surface area contributed by atoms with Gasteiger partial charge in [0.1, 0.15) is 5.69 Å². The highest BCUT2D eigenvalue weighted by Crippen LogP contribution is 2.33. The van der Waals surface area contributed by atoms with Crippen LogP contribution >= 0.6 is 0 Å². The average molecular weight is 455 g/mol. The van der Waals surface area contributed by atoms with Crippen LogP contribution in [0.3, 0.4) is 0 Å². The van der Waals surface area contributed by atoms with Crippen molar-refractivity contribution in [2.24, 2.45) is 0 Å². The largest absolute Gasteiger partial charge is 0.493 e. The Morgan fingerprint density at radius 1 is 0.912 bits per heavy atom. The summed E-state index contributed by atoms with van der Waals surface area (Å²) in [7, 11) is 3.12. The van der Waals surface area contributed by atoms with Crippen molar-refractivity contribution in [2.45, 2.75) is 0 Å². The van der Waals surface area contributed by atoms with Gasteiger partial charge in [0, 0.05) is 17.4 Å². The van der Waals surface area contributed by atoms with E-state index in [4.69, 9.17) is 14.6 Å². The van der Waals surface area contributed by atoms with Crippen LogP contribution in [0.1, 0.15) is 10.4 Å². The van der Waals surface area contributed by atoms with Crippen molar-refractivity contribution in [3.63, 3.8) is 0 Å². The standard InChI is InChI=1S/C25H21N5O4/c1-33-21-11-8-15(12-22(21)34-2)23-18(14-30(29-23)17-6-4-3-5-7-17)24(31)26-16-9-10-19-20(13-16)28-25(32)27-19/h3-14H,1-2H3,(H,26,31)(H2,27,28,32). The minimum Gasteiger partial charge on any atom is -0.493 e. The smallest absolute Gasteiger partial charge is 0.323 e. The number of nitrogens with one attached hydrogen (secondary N) is 3. The minimum atomic E-state index is -0.343. The van der Waals surface area contributed by atoms with E-state index >= 15 is 0 Å². The third-order valence-electron chi connectivity index (χ3n) is 5.41. The highest BCUT2D eigenvalue weighted by molar-refractivity contribution is 6.08. The molecule has 0 radical (unpaired) electrons. The Morgan fingerprint density at radius 2 is 1.68 bits per heavy atom. The third kappa shape index (κ3) is 3.90. The summed E-state index contributed by atoms with van der Waals surface area (Å²) in [5.74, 6) is 0.764. The summed E-state index contributed by atoms with van der Waals surface area (Å²) in [4.78, 5) is 30.3. The van der Waals surface area contributed by atoms with E-state index in [1.807, 2.05) is 36.4 Å². The van der Waals surface area contributed by atoms with Crippen molar-refractivity contribution >= 4 is 22.6 Å². The number of para-hydroxylation sites is 1. The van der Waals surface area contributed by atoms with E-state index in [-0.39, 0.29) is 11.6 Å². The number of nitrogens with zero attached hydrogens (tertiary/aromatic N) is 2. The molecule has 0 atom stereocenters. The number of imidazole rings is 1. The van der Waals surface area contributed by atoms with Gasteiger partial charge in [0.2, 0.25) is 0 Å². The van der Waals surface area contributed by atoms with E-state index in [1.54, 1.807) is 55.4 Å². The number of aromatic nitrogens is 4. The van der Waals surface area contributed by atoms with E-state index < -0.39 is 0 Å². The van der Waals surface area contributed by atoms with Crippen LogP contribution in [0.2, 0.25) is 0 Å². The first-order chi connectivity index (χ1) is 16.6. The first-order valence-electron chi connectivity index (χ1n) is 10.5. The quantitative estimate of drug-likeness (QED) is 0.358. The van der Waals surface area contributed by atoms with Crippen LogP contribution in [0.15, 0.2) is 77.7 Å². The van der Waals surface area contributed by atoms with Crippen molar-refractivity contribution in [1.82, 2.24) is 19.7 Å². The molecule has 5 aromatic rings. The molecule has 9 heteroatoms. The van der Waals surface area contributed by atoms with Gasteiger partial charge < -0.3 is 24.8 Å².